The van der Waals surface area contributed by atoms with Gasteiger partial charge in [-0.25, -0.2) is 4.79 Å². The molecule has 5 aliphatic rings. The van der Waals surface area contributed by atoms with E-state index in [-0.39, 0.29) is 35.2 Å². The molecule has 2 amide bonds. The molecule has 2 atom stereocenters. The summed E-state index contributed by atoms with van der Waals surface area (Å²) >= 11 is 0. The molecule has 1 heterocycles. The number of nitrogens with zero attached hydrogens (tertiary/aromatic N) is 2. The van der Waals surface area contributed by atoms with Gasteiger partial charge in [0, 0.05) is 38.3 Å². The molecular weight excluding hydrogens is 590 g/mol. The van der Waals surface area contributed by atoms with E-state index >= 15 is 0 Å². The lowest BCUT2D eigenvalue weighted by atomic mass is 9.42. The van der Waals surface area contributed by atoms with Crippen molar-refractivity contribution in [3.05, 3.63) is 101 Å². The first-order chi connectivity index (χ1) is 22.8. The SMILES string of the molecule is COC(=O)c1ccc(COc2ccccc2CN2CCN(C(=O)CNC(=O)C34CC5CC(C3)CC(c3ccccc3)(C5)C4)CC2)cc1. The minimum atomic E-state index is -0.357. The van der Waals surface area contributed by atoms with Crippen LogP contribution in [-0.4, -0.2) is 67.4 Å². The Balaban J connectivity index is 0.897. The number of rotatable bonds is 10. The summed E-state index contributed by atoms with van der Waals surface area (Å²) in [6.45, 7) is 3.98. The van der Waals surface area contributed by atoms with Crippen molar-refractivity contribution in [2.75, 3.05) is 39.8 Å². The van der Waals surface area contributed by atoms with E-state index in [0.29, 0.717) is 37.1 Å². The molecule has 2 unspecified atom stereocenters. The predicted octanol–water partition coefficient (Wildman–Crippen LogP) is 5.35. The highest BCUT2D eigenvalue weighted by atomic mass is 16.5. The van der Waals surface area contributed by atoms with Crippen molar-refractivity contribution in [3.63, 3.8) is 0 Å². The number of methoxy groups -OCH3 is 1. The van der Waals surface area contributed by atoms with Gasteiger partial charge in [0.05, 0.1) is 24.6 Å². The van der Waals surface area contributed by atoms with Gasteiger partial charge in [-0.05, 0) is 85.1 Å². The van der Waals surface area contributed by atoms with Gasteiger partial charge in [-0.1, -0.05) is 60.7 Å². The quantitative estimate of drug-likeness (QED) is 0.302. The highest BCUT2D eigenvalue weighted by Gasteiger charge is 2.60. The molecule has 0 radical (unpaired) electrons. The standard InChI is InChI=1S/C39H45N3O5/c1-46-36(44)31-13-11-28(12-14-31)26-47-34-10-6-5-7-32(34)25-41-15-17-42(18-16-41)35(43)24-40-37(45)39-22-29-19-30(23-39)21-38(20-29,27-39)33-8-3-2-4-9-33/h2-14,29-30H,15-27H2,1H3,(H,40,45). The first kappa shape index (κ1) is 31.4. The van der Waals surface area contributed by atoms with E-state index in [2.05, 4.69) is 46.6 Å². The second-order valence-corrected chi connectivity index (χ2v) is 14.3. The number of para-hydroxylation sites is 1. The number of benzene rings is 3. The number of nitrogens with one attached hydrogen (secondary N) is 1. The third kappa shape index (κ3) is 6.53. The highest BCUT2D eigenvalue weighted by Crippen LogP contribution is 2.65. The summed E-state index contributed by atoms with van der Waals surface area (Å²) in [5.74, 6) is 1.76. The molecule has 1 N–H and O–H groups in total. The number of hydrogen-bond acceptors (Lipinski definition) is 6. The van der Waals surface area contributed by atoms with E-state index in [0.717, 1.165) is 55.8 Å². The number of carbonyl (C=O) groups is 3. The van der Waals surface area contributed by atoms with Crippen LogP contribution in [0.5, 0.6) is 5.75 Å². The fourth-order valence-corrected chi connectivity index (χ4v) is 9.30. The Kier molecular flexibility index (Phi) is 8.79. The van der Waals surface area contributed by atoms with E-state index in [1.807, 2.05) is 35.2 Å². The highest BCUT2D eigenvalue weighted by molar-refractivity contribution is 5.89. The maximum Gasteiger partial charge on any atom is 0.337 e. The van der Waals surface area contributed by atoms with E-state index in [4.69, 9.17) is 9.47 Å². The van der Waals surface area contributed by atoms with E-state index in [1.54, 1.807) is 12.1 Å². The second-order valence-electron chi connectivity index (χ2n) is 14.3. The van der Waals surface area contributed by atoms with E-state index in [1.165, 1.54) is 31.9 Å². The molecule has 0 spiro atoms. The van der Waals surface area contributed by atoms with Crippen molar-refractivity contribution in [2.45, 2.75) is 57.1 Å². The third-order valence-corrected chi connectivity index (χ3v) is 11.2. The van der Waals surface area contributed by atoms with E-state index in [9.17, 15) is 14.4 Å². The lowest BCUT2D eigenvalue weighted by Gasteiger charge is -2.61. The molecule has 4 saturated carbocycles. The topological polar surface area (TPSA) is 88.2 Å². The summed E-state index contributed by atoms with van der Waals surface area (Å²) in [5, 5.41) is 3.12. The van der Waals surface area contributed by atoms with Crippen LogP contribution in [0, 0.1) is 17.3 Å². The van der Waals surface area contributed by atoms with Crippen LogP contribution >= 0.6 is 0 Å². The van der Waals surface area contributed by atoms with Gasteiger partial charge in [0.15, 0.2) is 0 Å². The Morgan fingerprint density at radius 1 is 0.830 bits per heavy atom. The molecule has 4 aliphatic carbocycles. The van der Waals surface area contributed by atoms with Crippen LogP contribution < -0.4 is 10.1 Å². The van der Waals surface area contributed by atoms with Crippen molar-refractivity contribution < 1.29 is 23.9 Å². The van der Waals surface area contributed by atoms with Crippen LogP contribution in [-0.2, 0) is 32.9 Å². The molecule has 3 aromatic rings. The zero-order chi connectivity index (χ0) is 32.4. The van der Waals surface area contributed by atoms with Crippen LogP contribution in [0.3, 0.4) is 0 Å². The second kappa shape index (κ2) is 13.1. The molecule has 8 heteroatoms. The Labute approximate surface area is 277 Å². The van der Waals surface area contributed by atoms with Gasteiger partial charge in [-0.2, -0.15) is 0 Å². The molecule has 4 bridgehead atoms. The monoisotopic (exact) mass is 635 g/mol. The first-order valence-corrected chi connectivity index (χ1v) is 17.1. The predicted molar refractivity (Wildman–Crippen MR) is 179 cm³/mol. The van der Waals surface area contributed by atoms with Crippen molar-refractivity contribution >= 4 is 17.8 Å². The average molecular weight is 636 g/mol. The molecular formula is C39H45N3O5. The van der Waals surface area contributed by atoms with Crippen LogP contribution in [0.2, 0.25) is 0 Å². The van der Waals surface area contributed by atoms with Gasteiger partial charge in [0.2, 0.25) is 11.8 Å². The lowest BCUT2D eigenvalue weighted by Crippen LogP contribution is -2.60. The molecule has 8 rings (SSSR count). The molecule has 1 saturated heterocycles. The van der Waals surface area contributed by atoms with Crippen LogP contribution in [0.25, 0.3) is 0 Å². The summed E-state index contributed by atoms with van der Waals surface area (Å²) < 4.78 is 11.0. The fourth-order valence-electron chi connectivity index (χ4n) is 9.30. The first-order valence-electron chi connectivity index (χ1n) is 17.1. The van der Waals surface area contributed by atoms with Crippen molar-refractivity contribution in [2.24, 2.45) is 17.3 Å². The zero-order valence-corrected chi connectivity index (χ0v) is 27.3. The number of hydrogen-bond donors (Lipinski definition) is 1. The minimum Gasteiger partial charge on any atom is -0.489 e. The Hall–Kier alpha value is -4.17. The summed E-state index contributed by atoms with van der Waals surface area (Å²) in [5.41, 5.74) is 3.71. The van der Waals surface area contributed by atoms with Gasteiger partial charge in [0.25, 0.3) is 0 Å². The smallest absolute Gasteiger partial charge is 0.337 e. The fraction of sp³-hybridized carbons (Fsp3) is 0.462. The molecule has 5 fully saturated rings. The molecule has 3 aromatic carbocycles. The van der Waals surface area contributed by atoms with Crippen molar-refractivity contribution in [1.29, 1.82) is 0 Å². The summed E-state index contributed by atoms with van der Waals surface area (Å²) in [6.07, 6.45) is 6.45. The Bertz CT molecular complexity index is 1580. The van der Waals surface area contributed by atoms with E-state index < -0.39 is 0 Å². The van der Waals surface area contributed by atoms with Gasteiger partial charge in [-0.15, -0.1) is 0 Å². The van der Waals surface area contributed by atoms with Gasteiger partial charge in [0.1, 0.15) is 12.4 Å². The third-order valence-electron chi connectivity index (χ3n) is 11.2. The number of carbonyl (C=O) groups excluding carboxylic acids is 3. The Morgan fingerprint density at radius 3 is 2.21 bits per heavy atom. The number of amides is 2. The van der Waals surface area contributed by atoms with Gasteiger partial charge in [-0.3, -0.25) is 14.5 Å². The van der Waals surface area contributed by atoms with Gasteiger partial charge >= 0.3 is 5.97 Å². The van der Waals surface area contributed by atoms with Crippen molar-refractivity contribution in [1.82, 2.24) is 15.1 Å². The zero-order valence-electron chi connectivity index (χ0n) is 27.3. The number of ether oxygens (including phenoxy) is 2. The summed E-state index contributed by atoms with van der Waals surface area (Å²) in [6, 6.07) is 26.1. The Morgan fingerprint density at radius 2 is 1.51 bits per heavy atom. The minimum absolute atomic E-state index is 0.00227. The van der Waals surface area contributed by atoms with Gasteiger partial charge < -0.3 is 19.7 Å². The largest absolute Gasteiger partial charge is 0.489 e. The maximum atomic E-state index is 13.8. The lowest BCUT2D eigenvalue weighted by molar-refractivity contribution is -0.150. The van der Waals surface area contributed by atoms with Crippen LogP contribution in [0.4, 0.5) is 0 Å². The average Bonchev–Trinajstić information content (AvgIpc) is 3.10. The normalized spacial score (nSPS) is 26.5. The molecule has 246 valence electrons. The summed E-state index contributed by atoms with van der Waals surface area (Å²) in [4.78, 5) is 43.0. The number of piperazine rings is 1. The molecule has 47 heavy (non-hydrogen) atoms. The molecule has 0 aromatic heterocycles. The molecule has 8 nitrogen and oxygen atoms in total. The van der Waals surface area contributed by atoms with Crippen LogP contribution in [0.15, 0.2) is 78.9 Å². The van der Waals surface area contributed by atoms with Crippen LogP contribution in [0.1, 0.15) is 65.6 Å². The molecule has 1 aliphatic heterocycles. The maximum absolute atomic E-state index is 13.8. The van der Waals surface area contributed by atoms with Crippen molar-refractivity contribution in [3.8, 4) is 5.75 Å². The number of esters is 1. The summed E-state index contributed by atoms with van der Waals surface area (Å²) in [7, 11) is 1.37.